The summed E-state index contributed by atoms with van der Waals surface area (Å²) in [5.74, 6) is 0. The normalized spacial score (nSPS) is 16.2. The van der Waals surface area contributed by atoms with E-state index in [0.29, 0.717) is 5.56 Å². The Balaban J connectivity index is 0.000000135. The lowest BCUT2D eigenvalue weighted by atomic mass is 9.80. The zero-order valence-corrected chi connectivity index (χ0v) is 64.9. The fraction of sp³-hybridized carbons (Fsp3) is 0.0561. The molecule has 4 aliphatic rings. The lowest BCUT2D eigenvalue weighted by Gasteiger charge is -2.23. The third-order valence-electron chi connectivity index (χ3n) is 25.8. The average molecular weight is 1490 g/mol. The summed E-state index contributed by atoms with van der Waals surface area (Å²) < 4.78 is 37.1. The summed E-state index contributed by atoms with van der Waals surface area (Å²) in [5.41, 5.74) is 26.3. The number of para-hydroxylation sites is 2. The van der Waals surface area contributed by atoms with Crippen LogP contribution in [0.15, 0.2) is 358 Å². The Morgan fingerprint density at radius 2 is 0.588 bits per heavy atom. The van der Waals surface area contributed by atoms with Crippen LogP contribution in [0, 0.1) is 11.3 Å². The van der Waals surface area contributed by atoms with Gasteiger partial charge in [-0.3, -0.25) is 0 Å². The fourth-order valence-corrected chi connectivity index (χ4v) is 27.4. The molecule has 4 heterocycles. The summed E-state index contributed by atoms with van der Waals surface area (Å²) in [6, 6.07) is 130. The summed E-state index contributed by atoms with van der Waals surface area (Å²) in [6.07, 6.45) is 0. The zero-order chi connectivity index (χ0) is 76.3. The van der Waals surface area contributed by atoms with Gasteiger partial charge in [-0.15, -0.1) is 0 Å². The Morgan fingerprint density at radius 3 is 1.01 bits per heavy atom. The molecule has 20 aromatic rings. The molecule has 2 aliphatic carbocycles. The monoisotopic (exact) mass is 1490 g/mol. The van der Waals surface area contributed by atoms with Crippen LogP contribution >= 0.6 is 14.3 Å². The summed E-state index contributed by atoms with van der Waals surface area (Å²) in [4.78, 5) is 0. The maximum atomic E-state index is 16.1. The number of rotatable bonds is 6. The van der Waals surface area contributed by atoms with Gasteiger partial charge in [0.05, 0.1) is 45.1 Å². The molecular formula is C107H71N3O2P2. The molecule has 0 saturated carbocycles. The van der Waals surface area contributed by atoms with Crippen LogP contribution in [0.3, 0.4) is 0 Å². The van der Waals surface area contributed by atoms with Crippen LogP contribution in [0.4, 0.5) is 0 Å². The molecule has 0 amide bonds. The maximum Gasteiger partial charge on any atom is 0.172 e. The predicted octanol–water partition coefficient (Wildman–Crippen LogP) is 25.2. The van der Waals surface area contributed by atoms with Crippen molar-refractivity contribution in [1.29, 1.82) is 5.26 Å². The van der Waals surface area contributed by atoms with E-state index in [0.717, 1.165) is 120 Å². The van der Waals surface area contributed by atoms with Crippen molar-refractivity contribution in [3.8, 4) is 84.2 Å². The summed E-state index contributed by atoms with van der Waals surface area (Å²) in [7, 11) is -6.47. The third-order valence-corrected chi connectivity index (χ3v) is 32.2. The van der Waals surface area contributed by atoms with Crippen LogP contribution in [0.2, 0.25) is 0 Å². The molecule has 0 fully saturated rings. The van der Waals surface area contributed by atoms with Gasteiger partial charge < -0.3 is 18.3 Å². The van der Waals surface area contributed by atoms with Crippen molar-refractivity contribution >= 4 is 133 Å². The standard InChI is InChI=1S/C54H35N2OP.C53H36NOP/c1-54(2)45-30-33(32-55)24-26-36(45)37-27-25-34(31-46(37)54)50-39-17-6-8-19-41(39)52(42-20-9-7-18-40(42)50)56-47-22-12-10-21-44(47)51-48(56)29-28-43-38-16-11-13-23-49(38)58(57,53(43)51)35-14-4-3-5-15-35;1-53(2)44-25-13-10-18-35(44)36-29-28-33(32-45(36)53)49-38-20-6-8-22-40(38)51(41-23-9-7-21-39(41)49)54-46-26-14-11-24-43(46)50-47(54)31-30-42-37-19-12-15-27-48(37)56(55,52(42)50)34-16-4-3-5-17-34/h3-31H,1-2H3;3-32H,1-2H3. The van der Waals surface area contributed by atoms with Gasteiger partial charge in [0.15, 0.2) is 14.3 Å². The summed E-state index contributed by atoms with van der Waals surface area (Å²) in [6.45, 7) is 9.26. The topological polar surface area (TPSA) is 67.8 Å². The SMILES string of the molecule is CC1(C)c2cc(C#N)ccc2-c2ccc(-c3c4ccccc4c(-n4c5ccccc5c5c6c(ccc54)-c4ccccc4P6(=O)c4ccccc4)c4ccccc34)cc21.CC1(C)c2ccccc2-c2ccc(-c3c4ccccc4c(-n4c5ccccc5c5c6c(ccc54)-c4ccccc4P6(=O)c4ccccc4)c4ccccc34)cc21. The molecule has 0 spiro atoms. The number of aromatic nitrogens is 2. The molecule has 7 heteroatoms. The predicted molar refractivity (Wildman–Crippen MR) is 479 cm³/mol. The first-order chi connectivity index (χ1) is 55.8. The van der Waals surface area contributed by atoms with Crippen LogP contribution < -0.4 is 31.8 Å². The largest absolute Gasteiger partial charge is 0.309 e. The molecule has 0 radical (unpaired) electrons. The highest BCUT2D eigenvalue weighted by Gasteiger charge is 2.46. The van der Waals surface area contributed by atoms with E-state index >= 15 is 9.13 Å². The van der Waals surface area contributed by atoms with Crippen LogP contribution in [0.25, 0.3) is 165 Å². The van der Waals surface area contributed by atoms with E-state index in [1.807, 2.05) is 78.9 Å². The highest BCUT2D eigenvalue weighted by Crippen LogP contribution is 2.60. The molecule has 0 saturated heterocycles. The van der Waals surface area contributed by atoms with Gasteiger partial charge in [0.2, 0.25) is 0 Å². The highest BCUT2D eigenvalue weighted by molar-refractivity contribution is 7.87. The Bertz CT molecular complexity index is 7710. The van der Waals surface area contributed by atoms with Gasteiger partial charge >= 0.3 is 0 Å². The molecule has 0 N–H and O–H groups in total. The van der Waals surface area contributed by atoms with E-state index in [1.165, 1.54) is 99.1 Å². The van der Waals surface area contributed by atoms with E-state index in [2.05, 4.69) is 322 Å². The molecule has 5 nitrogen and oxygen atoms in total. The van der Waals surface area contributed by atoms with E-state index in [9.17, 15) is 5.26 Å². The molecule has 0 bridgehead atoms. The van der Waals surface area contributed by atoms with Crippen molar-refractivity contribution in [3.63, 3.8) is 0 Å². The minimum atomic E-state index is -3.25. The number of nitriles is 1. The van der Waals surface area contributed by atoms with Gasteiger partial charge in [0.1, 0.15) is 0 Å². The molecule has 2 aromatic heterocycles. The summed E-state index contributed by atoms with van der Waals surface area (Å²) >= 11 is 0. The first-order valence-electron chi connectivity index (χ1n) is 39.3. The lowest BCUT2D eigenvalue weighted by molar-refractivity contribution is 0.592. The van der Waals surface area contributed by atoms with Gasteiger partial charge in [0.25, 0.3) is 0 Å². The number of benzene rings is 18. The van der Waals surface area contributed by atoms with Crippen LogP contribution in [0.1, 0.15) is 55.5 Å². The molecular weight excluding hydrogens is 1420 g/mol. The van der Waals surface area contributed by atoms with Gasteiger partial charge in [-0.05, 0) is 159 Å². The van der Waals surface area contributed by atoms with Crippen molar-refractivity contribution in [3.05, 3.63) is 386 Å². The Kier molecular flexibility index (Phi) is 14.1. The van der Waals surface area contributed by atoms with Crippen LogP contribution in [0.5, 0.6) is 0 Å². The van der Waals surface area contributed by atoms with Crippen molar-refractivity contribution in [2.75, 3.05) is 0 Å². The fourth-order valence-electron chi connectivity index (χ4n) is 20.8. The first-order valence-corrected chi connectivity index (χ1v) is 42.7. The lowest BCUT2D eigenvalue weighted by Crippen LogP contribution is -2.21. The molecule has 114 heavy (non-hydrogen) atoms. The van der Waals surface area contributed by atoms with Gasteiger partial charge in [-0.25, -0.2) is 0 Å². The van der Waals surface area contributed by atoms with Crippen LogP contribution in [-0.2, 0) is 20.0 Å². The maximum absolute atomic E-state index is 16.1. The summed E-state index contributed by atoms with van der Waals surface area (Å²) in [5, 5.41) is 28.9. The molecule has 24 rings (SSSR count). The smallest absolute Gasteiger partial charge is 0.172 e. The van der Waals surface area contributed by atoms with Crippen molar-refractivity contribution in [1.82, 2.24) is 9.13 Å². The van der Waals surface area contributed by atoms with Crippen LogP contribution in [-0.4, -0.2) is 9.13 Å². The molecule has 2 unspecified atom stereocenters. The van der Waals surface area contributed by atoms with Gasteiger partial charge in [-0.1, -0.05) is 337 Å². The highest BCUT2D eigenvalue weighted by atomic mass is 31.2. The zero-order valence-electron chi connectivity index (χ0n) is 63.1. The Morgan fingerprint density at radius 1 is 0.272 bits per heavy atom. The minimum absolute atomic E-state index is 0.102. The third kappa shape index (κ3) is 8.90. The van der Waals surface area contributed by atoms with E-state index in [4.69, 9.17) is 0 Å². The average Bonchev–Trinajstić information content (AvgIpc) is 1.52. The van der Waals surface area contributed by atoms with Crippen molar-refractivity contribution < 1.29 is 9.13 Å². The van der Waals surface area contributed by atoms with E-state index in [-0.39, 0.29) is 10.8 Å². The minimum Gasteiger partial charge on any atom is -0.309 e. The molecule has 536 valence electrons. The molecule has 2 aliphatic heterocycles. The quantitative estimate of drug-likeness (QED) is 0.123. The number of nitrogens with zero attached hydrogens (tertiary/aromatic N) is 3. The molecule has 2 atom stereocenters. The molecule has 18 aromatic carbocycles. The van der Waals surface area contributed by atoms with E-state index in [1.54, 1.807) is 0 Å². The Labute approximate surface area is 660 Å². The first kappa shape index (κ1) is 66.3. The van der Waals surface area contributed by atoms with Crippen molar-refractivity contribution in [2.45, 2.75) is 38.5 Å². The number of hydrogen-bond donors (Lipinski definition) is 0. The van der Waals surface area contributed by atoms with E-state index < -0.39 is 14.3 Å². The second-order valence-electron chi connectivity index (χ2n) is 32.2. The number of fused-ring (bicyclic) bond motifs is 24. The van der Waals surface area contributed by atoms with Gasteiger partial charge in [-0.2, -0.15) is 5.26 Å². The number of hydrogen-bond acceptors (Lipinski definition) is 3. The van der Waals surface area contributed by atoms with Crippen molar-refractivity contribution in [2.24, 2.45) is 0 Å². The van der Waals surface area contributed by atoms with Gasteiger partial charge in [0, 0.05) is 85.7 Å². The second kappa shape index (κ2) is 24.3. The second-order valence-corrected chi connectivity index (χ2v) is 37.5. The Hall–Kier alpha value is -13.5.